The minimum absolute atomic E-state index is 0.0773. The first-order valence-corrected chi connectivity index (χ1v) is 7.87. The van der Waals surface area contributed by atoms with Gasteiger partial charge in [0.25, 0.3) is 5.91 Å². The highest BCUT2D eigenvalue weighted by Crippen LogP contribution is 2.21. The van der Waals surface area contributed by atoms with Crippen molar-refractivity contribution in [1.29, 1.82) is 0 Å². The lowest BCUT2D eigenvalue weighted by Gasteiger charge is -2.07. The molecule has 0 aliphatic carbocycles. The van der Waals surface area contributed by atoms with Crippen molar-refractivity contribution >= 4 is 51.7 Å². The zero-order valence-corrected chi connectivity index (χ0v) is 14.2. The van der Waals surface area contributed by atoms with Crippen LogP contribution in [0.4, 0.5) is 0 Å². The Morgan fingerprint density at radius 3 is 2.45 bits per heavy atom. The molecule has 0 radical (unpaired) electrons. The maximum absolute atomic E-state index is 11.9. The smallest absolute Gasteiger partial charge is 0.251 e. The van der Waals surface area contributed by atoms with Crippen LogP contribution < -0.4 is 5.32 Å². The Labute approximate surface area is 141 Å². The number of carbonyl (C=O) groups excluding carboxylic acids is 1. The predicted octanol–water partition coefficient (Wildman–Crippen LogP) is 4.57. The first kappa shape index (κ1) is 15.6. The summed E-state index contributed by atoms with van der Waals surface area (Å²) < 4.78 is 1.10. The fourth-order valence-corrected chi connectivity index (χ4v) is 2.60. The second kappa shape index (κ2) is 7.29. The van der Waals surface area contributed by atoms with Gasteiger partial charge in [-0.15, -0.1) is 0 Å². The van der Waals surface area contributed by atoms with Gasteiger partial charge < -0.3 is 5.32 Å². The first-order valence-electron chi connectivity index (χ1n) is 6.04. The Bertz CT molecular complexity index is 614. The Morgan fingerprint density at radius 1 is 1.10 bits per heavy atom. The summed E-state index contributed by atoms with van der Waals surface area (Å²) in [5.41, 5.74) is 1.63. The Morgan fingerprint density at radius 2 is 1.80 bits per heavy atom. The fourth-order valence-electron chi connectivity index (χ4n) is 1.74. The summed E-state index contributed by atoms with van der Waals surface area (Å²) in [5.74, 6) is -0.0773. The summed E-state index contributed by atoms with van der Waals surface area (Å²) in [6.45, 7) is 0.534. The van der Waals surface area contributed by atoms with E-state index in [1.54, 1.807) is 12.1 Å². The van der Waals surface area contributed by atoms with Crippen LogP contribution in [0.2, 0.25) is 10.0 Å². The summed E-state index contributed by atoms with van der Waals surface area (Å²) in [6.07, 6.45) is 0.673. The van der Waals surface area contributed by atoms with Gasteiger partial charge >= 0.3 is 0 Å². The van der Waals surface area contributed by atoms with Crippen LogP contribution in [0.3, 0.4) is 0 Å². The highest BCUT2D eigenvalue weighted by atomic mass is 127. The van der Waals surface area contributed by atoms with E-state index in [2.05, 4.69) is 27.9 Å². The molecule has 0 saturated carbocycles. The minimum Gasteiger partial charge on any atom is -0.352 e. The SMILES string of the molecule is O=C(NCCc1ccc(Cl)cc1Cl)c1ccc(I)cc1. The van der Waals surface area contributed by atoms with Gasteiger partial charge in [0.1, 0.15) is 0 Å². The third-order valence-electron chi connectivity index (χ3n) is 2.80. The summed E-state index contributed by atoms with van der Waals surface area (Å²) in [5, 5.41) is 4.11. The summed E-state index contributed by atoms with van der Waals surface area (Å²) in [4.78, 5) is 11.9. The van der Waals surface area contributed by atoms with Crippen molar-refractivity contribution in [1.82, 2.24) is 5.32 Å². The number of amides is 1. The molecule has 2 aromatic rings. The maximum Gasteiger partial charge on any atom is 0.251 e. The highest BCUT2D eigenvalue weighted by Gasteiger charge is 2.06. The zero-order chi connectivity index (χ0) is 14.5. The number of hydrogen-bond acceptors (Lipinski definition) is 1. The molecule has 0 aliphatic rings. The molecule has 104 valence electrons. The van der Waals surface area contributed by atoms with E-state index >= 15 is 0 Å². The lowest BCUT2D eigenvalue weighted by Crippen LogP contribution is -2.25. The maximum atomic E-state index is 11.9. The summed E-state index contributed by atoms with van der Waals surface area (Å²) >= 11 is 14.1. The Balaban J connectivity index is 1.89. The van der Waals surface area contributed by atoms with Crippen molar-refractivity contribution in [3.05, 3.63) is 67.2 Å². The van der Waals surface area contributed by atoms with Crippen LogP contribution >= 0.6 is 45.8 Å². The second-order valence-corrected chi connectivity index (χ2v) is 6.34. The van der Waals surface area contributed by atoms with Crippen molar-refractivity contribution in [3.8, 4) is 0 Å². The Kier molecular flexibility index (Phi) is 5.69. The van der Waals surface area contributed by atoms with Crippen LogP contribution in [-0.2, 0) is 6.42 Å². The molecule has 20 heavy (non-hydrogen) atoms. The third-order valence-corrected chi connectivity index (χ3v) is 4.11. The Hall–Kier alpha value is -0.780. The van der Waals surface area contributed by atoms with E-state index in [0.29, 0.717) is 28.6 Å². The number of nitrogens with one attached hydrogen (secondary N) is 1. The molecular formula is C15H12Cl2INO. The van der Waals surface area contributed by atoms with E-state index in [0.717, 1.165) is 9.13 Å². The average Bonchev–Trinajstić information content (AvgIpc) is 2.42. The topological polar surface area (TPSA) is 29.1 Å². The number of halogens is 3. The minimum atomic E-state index is -0.0773. The van der Waals surface area contributed by atoms with E-state index in [-0.39, 0.29) is 5.91 Å². The van der Waals surface area contributed by atoms with Gasteiger partial charge in [0, 0.05) is 25.7 Å². The molecule has 0 spiro atoms. The van der Waals surface area contributed by atoms with Gasteiger partial charge in [-0.05, 0) is 71.0 Å². The lowest BCUT2D eigenvalue weighted by molar-refractivity contribution is 0.0954. The molecule has 5 heteroatoms. The van der Waals surface area contributed by atoms with Crippen LogP contribution in [0.25, 0.3) is 0 Å². The van der Waals surface area contributed by atoms with Gasteiger partial charge in [-0.25, -0.2) is 0 Å². The van der Waals surface area contributed by atoms with Crippen molar-refractivity contribution in [2.75, 3.05) is 6.54 Å². The van der Waals surface area contributed by atoms with Crippen molar-refractivity contribution < 1.29 is 4.79 Å². The van der Waals surface area contributed by atoms with Gasteiger partial charge in [0.15, 0.2) is 0 Å². The molecule has 0 unspecified atom stereocenters. The molecule has 2 nitrogen and oxygen atoms in total. The molecule has 0 aliphatic heterocycles. The number of hydrogen-bond donors (Lipinski definition) is 1. The third kappa shape index (κ3) is 4.36. The van der Waals surface area contributed by atoms with Crippen LogP contribution in [0.1, 0.15) is 15.9 Å². The van der Waals surface area contributed by atoms with E-state index < -0.39 is 0 Å². The van der Waals surface area contributed by atoms with E-state index in [1.807, 2.05) is 30.3 Å². The number of rotatable bonds is 4. The monoisotopic (exact) mass is 419 g/mol. The molecule has 0 bridgehead atoms. The molecule has 0 atom stereocenters. The van der Waals surface area contributed by atoms with Gasteiger partial charge in [-0.3, -0.25) is 4.79 Å². The molecule has 0 aromatic heterocycles. The van der Waals surface area contributed by atoms with Crippen molar-refractivity contribution in [2.45, 2.75) is 6.42 Å². The first-order chi connectivity index (χ1) is 9.56. The van der Waals surface area contributed by atoms with Crippen LogP contribution in [-0.4, -0.2) is 12.5 Å². The number of carbonyl (C=O) groups is 1. The fraction of sp³-hybridized carbons (Fsp3) is 0.133. The van der Waals surface area contributed by atoms with Crippen LogP contribution in [0, 0.1) is 3.57 Å². The molecule has 2 aromatic carbocycles. The largest absolute Gasteiger partial charge is 0.352 e. The molecular weight excluding hydrogens is 408 g/mol. The summed E-state index contributed by atoms with van der Waals surface area (Å²) in [7, 11) is 0. The number of benzene rings is 2. The van der Waals surface area contributed by atoms with Crippen LogP contribution in [0.5, 0.6) is 0 Å². The zero-order valence-electron chi connectivity index (χ0n) is 10.5. The normalized spacial score (nSPS) is 10.3. The van der Waals surface area contributed by atoms with E-state index in [9.17, 15) is 4.79 Å². The van der Waals surface area contributed by atoms with Gasteiger partial charge in [-0.1, -0.05) is 29.3 Å². The lowest BCUT2D eigenvalue weighted by atomic mass is 10.1. The van der Waals surface area contributed by atoms with E-state index in [4.69, 9.17) is 23.2 Å². The van der Waals surface area contributed by atoms with Gasteiger partial charge in [0.2, 0.25) is 0 Å². The van der Waals surface area contributed by atoms with Gasteiger partial charge in [-0.2, -0.15) is 0 Å². The molecule has 1 amide bonds. The van der Waals surface area contributed by atoms with Crippen LogP contribution in [0.15, 0.2) is 42.5 Å². The standard InChI is InChI=1S/C15H12Cl2INO/c16-12-4-1-10(14(17)9-12)7-8-19-15(20)11-2-5-13(18)6-3-11/h1-6,9H,7-8H2,(H,19,20). The quantitative estimate of drug-likeness (QED) is 0.722. The van der Waals surface area contributed by atoms with Crippen molar-refractivity contribution in [2.24, 2.45) is 0 Å². The molecule has 2 rings (SSSR count). The highest BCUT2D eigenvalue weighted by molar-refractivity contribution is 14.1. The molecule has 0 fully saturated rings. The average molecular weight is 420 g/mol. The predicted molar refractivity (Wildman–Crippen MR) is 91.7 cm³/mol. The summed E-state index contributed by atoms with van der Waals surface area (Å²) in [6, 6.07) is 12.8. The molecule has 1 N–H and O–H groups in total. The second-order valence-electron chi connectivity index (χ2n) is 4.25. The van der Waals surface area contributed by atoms with Gasteiger partial charge in [0.05, 0.1) is 0 Å². The van der Waals surface area contributed by atoms with E-state index in [1.165, 1.54) is 0 Å². The molecule has 0 saturated heterocycles. The van der Waals surface area contributed by atoms with Crippen molar-refractivity contribution in [3.63, 3.8) is 0 Å². The molecule has 0 heterocycles.